The largest absolute Gasteiger partial charge is 0.393 e. The molecule has 0 aromatic rings. The molecule has 1 fully saturated rings. The molecule has 78 valence electrons. The van der Waals surface area contributed by atoms with E-state index in [-0.39, 0.29) is 6.10 Å². The first-order valence-electron chi connectivity index (χ1n) is 5.67. The van der Waals surface area contributed by atoms with Crippen LogP contribution in [0.5, 0.6) is 0 Å². The van der Waals surface area contributed by atoms with E-state index in [9.17, 15) is 5.11 Å². The van der Waals surface area contributed by atoms with Crippen LogP contribution in [0.3, 0.4) is 0 Å². The van der Waals surface area contributed by atoms with Gasteiger partial charge in [-0.25, -0.2) is 0 Å². The molecule has 0 aromatic carbocycles. The molecule has 2 heteroatoms. The Kier molecular flexibility index (Phi) is 4.74. The first kappa shape index (κ1) is 11.0. The lowest BCUT2D eigenvalue weighted by Crippen LogP contribution is -2.32. The second kappa shape index (κ2) is 5.61. The number of aliphatic hydroxyl groups is 1. The van der Waals surface area contributed by atoms with Crippen molar-refractivity contribution < 1.29 is 5.11 Å². The second-order valence-electron chi connectivity index (χ2n) is 4.26. The highest BCUT2D eigenvalue weighted by atomic mass is 16.3. The maximum absolute atomic E-state index is 9.90. The molecule has 1 aliphatic rings. The van der Waals surface area contributed by atoms with Gasteiger partial charge in [-0.2, -0.15) is 0 Å². The van der Waals surface area contributed by atoms with Gasteiger partial charge in [0.15, 0.2) is 0 Å². The van der Waals surface area contributed by atoms with Gasteiger partial charge in [0.05, 0.1) is 6.10 Å². The number of hydrogen-bond donors (Lipinski definition) is 2. The minimum absolute atomic E-state index is 0.143. The van der Waals surface area contributed by atoms with Crippen molar-refractivity contribution in [2.24, 2.45) is 17.6 Å². The molecule has 3 unspecified atom stereocenters. The van der Waals surface area contributed by atoms with Crippen LogP contribution < -0.4 is 5.73 Å². The maximum atomic E-state index is 9.90. The first-order chi connectivity index (χ1) is 6.29. The van der Waals surface area contributed by atoms with E-state index < -0.39 is 0 Å². The lowest BCUT2D eigenvalue weighted by atomic mass is 9.74. The van der Waals surface area contributed by atoms with Crippen LogP contribution in [0, 0.1) is 11.8 Å². The fraction of sp³-hybridized carbons (Fsp3) is 1.00. The number of nitrogens with two attached hydrogens (primary N) is 1. The van der Waals surface area contributed by atoms with Crippen molar-refractivity contribution in [3.8, 4) is 0 Å². The number of aliphatic hydroxyl groups excluding tert-OH is 1. The Labute approximate surface area is 81.5 Å². The average Bonchev–Trinajstić information content (AvgIpc) is 2.18. The zero-order chi connectivity index (χ0) is 9.68. The maximum Gasteiger partial charge on any atom is 0.0583 e. The summed E-state index contributed by atoms with van der Waals surface area (Å²) in [7, 11) is 0. The lowest BCUT2D eigenvalue weighted by Gasteiger charge is -2.34. The smallest absolute Gasteiger partial charge is 0.0583 e. The van der Waals surface area contributed by atoms with Crippen molar-refractivity contribution in [2.75, 3.05) is 6.54 Å². The van der Waals surface area contributed by atoms with Gasteiger partial charge in [-0.15, -0.1) is 0 Å². The molecule has 1 rings (SSSR count). The molecule has 1 saturated carbocycles. The van der Waals surface area contributed by atoms with Crippen LogP contribution in [0.4, 0.5) is 0 Å². The Morgan fingerprint density at radius 3 is 2.69 bits per heavy atom. The van der Waals surface area contributed by atoms with Gasteiger partial charge < -0.3 is 10.8 Å². The van der Waals surface area contributed by atoms with E-state index in [1.807, 2.05) is 0 Å². The van der Waals surface area contributed by atoms with E-state index in [0.717, 1.165) is 12.3 Å². The van der Waals surface area contributed by atoms with Gasteiger partial charge >= 0.3 is 0 Å². The molecule has 0 heterocycles. The summed E-state index contributed by atoms with van der Waals surface area (Å²) < 4.78 is 0. The molecule has 0 aromatic heterocycles. The molecule has 0 amide bonds. The monoisotopic (exact) mass is 185 g/mol. The predicted molar refractivity (Wildman–Crippen MR) is 55.4 cm³/mol. The fourth-order valence-electron chi connectivity index (χ4n) is 2.63. The van der Waals surface area contributed by atoms with E-state index >= 15 is 0 Å². The van der Waals surface area contributed by atoms with Crippen LogP contribution in [0.25, 0.3) is 0 Å². The highest BCUT2D eigenvalue weighted by molar-refractivity contribution is 4.80. The highest BCUT2D eigenvalue weighted by Crippen LogP contribution is 2.35. The number of rotatable bonds is 4. The summed E-state index contributed by atoms with van der Waals surface area (Å²) in [6, 6.07) is 0. The molecule has 0 radical (unpaired) electrons. The van der Waals surface area contributed by atoms with Crippen molar-refractivity contribution in [3.05, 3.63) is 0 Å². The number of hydrogen-bond acceptors (Lipinski definition) is 2. The summed E-state index contributed by atoms with van der Waals surface area (Å²) in [5.41, 5.74) is 5.46. The Morgan fingerprint density at radius 2 is 2.08 bits per heavy atom. The molecule has 3 N–H and O–H groups in total. The third-order valence-electron chi connectivity index (χ3n) is 3.45. The molecule has 0 saturated heterocycles. The molecular formula is C11H23NO. The van der Waals surface area contributed by atoms with Crippen LogP contribution in [0.15, 0.2) is 0 Å². The van der Waals surface area contributed by atoms with Crippen molar-refractivity contribution >= 4 is 0 Å². The minimum atomic E-state index is -0.143. The van der Waals surface area contributed by atoms with Gasteiger partial charge in [0.2, 0.25) is 0 Å². The van der Waals surface area contributed by atoms with Crippen molar-refractivity contribution in [1.29, 1.82) is 0 Å². The Balaban J connectivity index is 2.43. The van der Waals surface area contributed by atoms with E-state index in [0.29, 0.717) is 12.5 Å². The zero-order valence-corrected chi connectivity index (χ0v) is 8.71. The average molecular weight is 185 g/mol. The summed E-state index contributed by atoms with van der Waals surface area (Å²) >= 11 is 0. The van der Waals surface area contributed by atoms with Gasteiger partial charge in [0.25, 0.3) is 0 Å². The van der Waals surface area contributed by atoms with Crippen LogP contribution in [-0.4, -0.2) is 17.8 Å². The third kappa shape index (κ3) is 2.96. The SMILES string of the molecule is CCC1CCCCC1C(O)CCN. The molecule has 2 nitrogen and oxygen atoms in total. The van der Waals surface area contributed by atoms with Gasteiger partial charge in [0, 0.05) is 0 Å². The summed E-state index contributed by atoms with van der Waals surface area (Å²) in [6.45, 7) is 2.85. The highest BCUT2D eigenvalue weighted by Gasteiger charge is 2.28. The quantitative estimate of drug-likeness (QED) is 0.703. The normalized spacial score (nSPS) is 31.6. The minimum Gasteiger partial charge on any atom is -0.393 e. The van der Waals surface area contributed by atoms with Crippen LogP contribution in [-0.2, 0) is 0 Å². The van der Waals surface area contributed by atoms with Gasteiger partial charge in [-0.05, 0) is 31.2 Å². The van der Waals surface area contributed by atoms with Crippen molar-refractivity contribution in [2.45, 2.75) is 51.6 Å². The summed E-state index contributed by atoms with van der Waals surface area (Å²) in [5.74, 6) is 1.28. The topological polar surface area (TPSA) is 46.2 Å². The van der Waals surface area contributed by atoms with E-state index in [4.69, 9.17) is 5.73 Å². The van der Waals surface area contributed by atoms with Crippen molar-refractivity contribution in [3.63, 3.8) is 0 Å². The van der Waals surface area contributed by atoms with Crippen LogP contribution in [0.2, 0.25) is 0 Å². The Hall–Kier alpha value is -0.0800. The molecule has 0 aliphatic heterocycles. The van der Waals surface area contributed by atoms with Gasteiger partial charge in [-0.1, -0.05) is 32.6 Å². The predicted octanol–water partition coefficient (Wildman–Crippen LogP) is 1.91. The first-order valence-corrected chi connectivity index (χ1v) is 5.67. The molecule has 13 heavy (non-hydrogen) atoms. The van der Waals surface area contributed by atoms with Gasteiger partial charge in [-0.3, -0.25) is 0 Å². The summed E-state index contributed by atoms with van der Waals surface area (Å²) in [6.07, 6.45) is 7.01. The third-order valence-corrected chi connectivity index (χ3v) is 3.45. The molecular weight excluding hydrogens is 162 g/mol. The van der Waals surface area contributed by atoms with Crippen LogP contribution >= 0.6 is 0 Å². The van der Waals surface area contributed by atoms with E-state index in [1.165, 1.54) is 32.1 Å². The molecule has 0 bridgehead atoms. The standard InChI is InChI=1S/C11H23NO/c1-2-9-5-3-4-6-10(9)11(13)7-8-12/h9-11,13H,2-8,12H2,1H3. The molecule has 3 atom stereocenters. The summed E-state index contributed by atoms with van der Waals surface area (Å²) in [5, 5.41) is 9.90. The second-order valence-corrected chi connectivity index (χ2v) is 4.26. The van der Waals surface area contributed by atoms with Gasteiger partial charge in [0.1, 0.15) is 0 Å². The molecule has 1 aliphatic carbocycles. The Morgan fingerprint density at radius 1 is 1.38 bits per heavy atom. The lowest BCUT2D eigenvalue weighted by molar-refractivity contribution is 0.0419. The van der Waals surface area contributed by atoms with Crippen molar-refractivity contribution in [1.82, 2.24) is 0 Å². The van der Waals surface area contributed by atoms with E-state index in [2.05, 4.69) is 6.92 Å². The summed E-state index contributed by atoms with van der Waals surface area (Å²) in [4.78, 5) is 0. The molecule has 0 spiro atoms. The van der Waals surface area contributed by atoms with E-state index in [1.54, 1.807) is 0 Å². The van der Waals surface area contributed by atoms with Crippen LogP contribution in [0.1, 0.15) is 45.4 Å². The zero-order valence-electron chi connectivity index (χ0n) is 8.71. The fourth-order valence-corrected chi connectivity index (χ4v) is 2.63. The Bertz CT molecular complexity index is 138.